The zero-order valence-corrected chi connectivity index (χ0v) is 22.0. The fourth-order valence-electron chi connectivity index (χ4n) is 3.29. The van der Waals surface area contributed by atoms with Crippen molar-refractivity contribution in [2.45, 2.75) is 59.8 Å². The molecule has 0 spiro atoms. The van der Waals surface area contributed by atoms with E-state index in [1.54, 1.807) is 0 Å². The summed E-state index contributed by atoms with van der Waals surface area (Å²) in [6.45, 7) is 9.13. The Hall–Kier alpha value is -3.67. The molecule has 194 valence electrons. The molecule has 1 aromatic heterocycles. The Labute approximate surface area is 215 Å². The number of carbonyl (C=O) groups is 2. The summed E-state index contributed by atoms with van der Waals surface area (Å²) in [6, 6.07) is 22.7. The third kappa shape index (κ3) is 11.6. The molecule has 0 unspecified atom stereocenters. The van der Waals surface area contributed by atoms with Gasteiger partial charge in [0.1, 0.15) is 17.1 Å². The molecule has 0 radical (unpaired) electrons. The number of rotatable bonds is 12. The van der Waals surface area contributed by atoms with Gasteiger partial charge >= 0.3 is 5.97 Å². The normalized spacial score (nSPS) is 9.67. The maximum absolute atomic E-state index is 12.2. The number of pyridine rings is 1. The van der Waals surface area contributed by atoms with Gasteiger partial charge in [-0.05, 0) is 67.5 Å². The summed E-state index contributed by atoms with van der Waals surface area (Å²) >= 11 is 0. The molecule has 3 rings (SSSR count). The summed E-state index contributed by atoms with van der Waals surface area (Å²) in [7, 11) is 0. The molecule has 3 aromatic rings. The molecule has 1 amide bonds. The van der Waals surface area contributed by atoms with Crippen molar-refractivity contribution in [3.05, 3.63) is 95.3 Å². The first kappa shape index (κ1) is 30.4. The second-order valence-electron chi connectivity index (χ2n) is 7.51. The number of carboxylic acids is 1. The molecule has 6 nitrogen and oxygen atoms in total. The van der Waals surface area contributed by atoms with Crippen LogP contribution in [0, 0.1) is 0 Å². The van der Waals surface area contributed by atoms with E-state index in [0.29, 0.717) is 19.6 Å². The van der Waals surface area contributed by atoms with Crippen molar-refractivity contribution in [2.24, 2.45) is 0 Å². The Morgan fingerprint density at radius 3 is 2.06 bits per heavy atom. The van der Waals surface area contributed by atoms with Crippen molar-refractivity contribution in [3.8, 4) is 5.75 Å². The van der Waals surface area contributed by atoms with Gasteiger partial charge in [0.2, 0.25) is 0 Å². The number of nitrogens with one attached hydrogen (secondary N) is 1. The topological polar surface area (TPSA) is 88.5 Å². The number of ether oxygens (including phenoxy) is 1. The number of aromatic nitrogens is 1. The summed E-state index contributed by atoms with van der Waals surface area (Å²) in [6.07, 6.45) is 5.08. The molecule has 6 heteroatoms. The van der Waals surface area contributed by atoms with Crippen LogP contribution in [0.15, 0.2) is 72.8 Å². The number of nitrogens with zero attached hydrogens (tertiary/aromatic N) is 1. The molecule has 0 atom stereocenters. The van der Waals surface area contributed by atoms with Crippen LogP contribution in [0.3, 0.4) is 0 Å². The maximum Gasteiger partial charge on any atom is 0.354 e. The second kappa shape index (κ2) is 18.6. The first-order valence-electron chi connectivity index (χ1n) is 12.9. The van der Waals surface area contributed by atoms with Gasteiger partial charge in [-0.2, -0.15) is 0 Å². The fourth-order valence-corrected chi connectivity index (χ4v) is 3.29. The first-order valence-corrected chi connectivity index (χ1v) is 12.9. The molecular formula is C30H40N2O4. The number of hydrogen-bond acceptors (Lipinski definition) is 4. The number of carbonyl (C=O) groups excluding carboxylic acids is 1. The first-order chi connectivity index (χ1) is 17.6. The Balaban J connectivity index is 0.00000154. The van der Waals surface area contributed by atoms with E-state index in [9.17, 15) is 9.59 Å². The van der Waals surface area contributed by atoms with Crippen LogP contribution in [0.2, 0.25) is 0 Å². The number of benzene rings is 2. The Morgan fingerprint density at radius 1 is 0.750 bits per heavy atom. The predicted molar refractivity (Wildman–Crippen MR) is 146 cm³/mol. The van der Waals surface area contributed by atoms with E-state index in [1.807, 2.05) is 58.0 Å². The van der Waals surface area contributed by atoms with Gasteiger partial charge < -0.3 is 15.2 Å². The molecule has 0 aliphatic heterocycles. The van der Waals surface area contributed by atoms with E-state index in [0.717, 1.165) is 37.0 Å². The van der Waals surface area contributed by atoms with Gasteiger partial charge in [0.05, 0.1) is 6.61 Å². The summed E-state index contributed by atoms with van der Waals surface area (Å²) in [4.78, 5) is 27.0. The molecular weight excluding hydrogens is 452 g/mol. The van der Waals surface area contributed by atoms with Crippen molar-refractivity contribution in [3.63, 3.8) is 0 Å². The zero-order valence-electron chi connectivity index (χ0n) is 22.0. The van der Waals surface area contributed by atoms with E-state index in [2.05, 4.69) is 34.6 Å². The van der Waals surface area contributed by atoms with Gasteiger partial charge in [-0.3, -0.25) is 4.79 Å². The van der Waals surface area contributed by atoms with Crippen LogP contribution in [0.1, 0.15) is 79.1 Å². The fraction of sp³-hybridized carbons (Fsp3) is 0.367. The standard InChI is InChI=1S/C26H28N2O4.2C2H6/c29-25(23-11-7-12-24(28-23)26(30)31)27-18-17-21-13-15-22(16-14-21)32-19-6-2-5-10-20-8-3-1-4-9-20;2*1-2/h1,3-4,7-9,11-16H,2,5-6,10,17-19H2,(H,27,29)(H,30,31);2*1-2H3. The third-order valence-electron chi connectivity index (χ3n) is 5.04. The Bertz CT molecular complexity index is 1000. The predicted octanol–water partition coefficient (Wildman–Crippen LogP) is 6.60. The van der Waals surface area contributed by atoms with Crippen LogP contribution >= 0.6 is 0 Å². The Kier molecular flexibility index (Phi) is 15.7. The van der Waals surface area contributed by atoms with Crippen molar-refractivity contribution < 1.29 is 19.4 Å². The smallest absolute Gasteiger partial charge is 0.354 e. The number of aromatic carboxylic acids is 1. The molecule has 2 aromatic carbocycles. The average Bonchev–Trinajstić information content (AvgIpc) is 2.94. The molecule has 2 N–H and O–H groups in total. The number of hydrogen-bond donors (Lipinski definition) is 2. The van der Waals surface area contributed by atoms with Gasteiger partial charge in [0.15, 0.2) is 0 Å². The van der Waals surface area contributed by atoms with Crippen LogP contribution in [0.5, 0.6) is 5.75 Å². The molecule has 0 fully saturated rings. The SMILES string of the molecule is CC.CC.O=C(O)c1cccc(C(=O)NCCc2ccc(OCCCCCc3ccccc3)cc2)n1. The van der Waals surface area contributed by atoms with Gasteiger partial charge in [-0.25, -0.2) is 9.78 Å². The van der Waals surface area contributed by atoms with Crippen molar-refractivity contribution in [1.82, 2.24) is 10.3 Å². The molecule has 0 aliphatic carbocycles. The monoisotopic (exact) mass is 492 g/mol. The van der Waals surface area contributed by atoms with E-state index in [1.165, 1.54) is 23.8 Å². The highest BCUT2D eigenvalue weighted by atomic mass is 16.5. The minimum Gasteiger partial charge on any atom is -0.494 e. The number of carboxylic acid groups (broad SMARTS) is 1. The highest BCUT2D eigenvalue weighted by Crippen LogP contribution is 2.14. The van der Waals surface area contributed by atoms with Crippen LogP contribution in [-0.2, 0) is 12.8 Å². The highest BCUT2D eigenvalue weighted by Gasteiger charge is 2.10. The lowest BCUT2D eigenvalue weighted by atomic mass is 10.1. The van der Waals surface area contributed by atoms with Crippen LogP contribution in [0.25, 0.3) is 0 Å². The quantitative estimate of drug-likeness (QED) is 0.278. The molecule has 0 saturated carbocycles. The highest BCUT2D eigenvalue weighted by molar-refractivity contribution is 5.94. The minimum atomic E-state index is -1.16. The van der Waals surface area contributed by atoms with Gasteiger partial charge in [0, 0.05) is 6.54 Å². The number of amides is 1. The minimum absolute atomic E-state index is 0.0948. The summed E-state index contributed by atoms with van der Waals surface area (Å²) in [5, 5.41) is 11.7. The van der Waals surface area contributed by atoms with Crippen LogP contribution < -0.4 is 10.1 Å². The number of aryl methyl sites for hydroxylation is 1. The maximum atomic E-state index is 12.2. The third-order valence-corrected chi connectivity index (χ3v) is 5.04. The summed E-state index contributed by atoms with van der Waals surface area (Å²) in [5.74, 6) is -0.704. The Morgan fingerprint density at radius 2 is 1.39 bits per heavy atom. The van der Waals surface area contributed by atoms with Crippen molar-refractivity contribution in [2.75, 3.05) is 13.2 Å². The van der Waals surface area contributed by atoms with Crippen LogP contribution in [0.4, 0.5) is 0 Å². The van der Waals surface area contributed by atoms with E-state index in [-0.39, 0.29) is 17.3 Å². The second-order valence-corrected chi connectivity index (χ2v) is 7.51. The average molecular weight is 493 g/mol. The molecule has 36 heavy (non-hydrogen) atoms. The molecule has 0 aliphatic rings. The van der Waals surface area contributed by atoms with Crippen molar-refractivity contribution in [1.29, 1.82) is 0 Å². The van der Waals surface area contributed by atoms with Crippen molar-refractivity contribution >= 4 is 11.9 Å². The summed E-state index contributed by atoms with van der Waals surface area (Å²) in [5.41, 5.74) is 2.40. The van der Waals surface area contributed by atoms with E-state index >= 15 is 0 Å². The number of unbranched alkanes of at least 4 members (excludes halogenated alkanes) is 2. The molecule has 0 saturated heterocycles. The van der Waals surface area contributed by atoms with Crippen LogP contribution in [-0.4, -0.2) is 35.1 Å². The van der Waals surface area contributed by atoms with E-state index < -0.39 is 5.97 Å². The lowest BCUT2D eigenvalue weighted by Gasteiger charge is -2.08. The summed E-state index contributed by atoms with van der Waals surface area (Å²) < 4.78 is 5.82. The lowest BCUT2D eigenvalue weighted by Crippen LogP contribution is -2.27. The van der Waals surface area contributed by atoms with Gasteiger partial charge in [0.25, 0.3) is 5.91 Å². The zero-order chi connectivity index (χ0) is 26.6. The molecule has 0 bridgehead atoms. The van der Waals surface area contributed by atoms with Gasteiger partial charge in [-0.1, -0.05) is 76.2 Å². The molecule has 1 heterocycles. The van der Waals surface area contributed by atoms with Gasteiger partial charge in [-0.15, -0.1) is 0 Å². The largest absolute Gasteiger partial charge is 0.494 e. The lowest BCUT2D eigenvalue weighted by molar-refractivity contribution is 0.0690. The van der Waals surface area contributed by atoms with E-state index in [4.69, 9.17) is 9.84 Å².